The van der Waals surface area contributed by atoms with E-state index in [2.05, 4.69) is 16.8 Å². The van der Waals surface area contributed by atoms with E-state index in [4.69, 9.17) is 21.1 Å². The first kappa shape index (κ1) is 19.9. The predicted octanol–water partition coefficient (Wildman–Crippen LogP) is 4.86. The van der Waals surface area contributed by atoms with Crippen LogP contribution < -0.4 is 14.8 Å². The van der Waals surface area contributed by atoms with E-state index in [1.807, 2.05) is 13.0 Å². The molecule has 0 spiro atoms. The quantitative estimate of drug-likeness (QED) is 0.579. The molecule has 0 aliphatic heterocycles. The minimum Gasteiger partial charge on any atom is -0.493 e. The Morgan fingerprint density at radius 2 is 2.24 bits per heavy atom. The summed E-state index contributed by atoms with van der Waals surface area (Å²) in [6.45, 7) is 3.16. The van der Waals surface area contributed by atoms with Crippen LogP contribution in [0.25, 0.3) is 0 Å². The van der Waals surface area contributed by atoms with Gasteiger partial charge in [0.1, 0.15) is 0 Å². The van der Waals surface area contributed by atoms with Crippen molar-refractivity contribution in [2.24, 2.45) is 0 Å². The van der Waals surface area contributed by atoms with Crippen molar-refractivity contribution in [1.82, 2.24) is 5.32 Å². The van der Waals surface area contributed by atoms with E-state index in [0.29, 0.717) is 35.2 Å². The Morgan fingerprint density at radius 3 is 2.92 bits per heavy atom. The van der Waals surface area contributed by atoms with Gasteiger partial charge in [-0.1, -0.05) is 24.6 Å². The minimum absolute atomic E-state index is 0.168. The van der Waals surface area contributed by atoms with Crippen molar-refractivity contribution < 1.29 is 14.3 Å². The number of ether oxygens (including phenoxy) is 2. The second-order valence-corrected chi connectivity index (χ2v) is 7.77. The minimum atomic E-state index is -0.168. The Hall–Kier alpha value is -1.37. The van der Waals surface area contributed by atoms with Gasteiger partial charge in [-0.25, -0.2) is 0 Å². The molecule has 0 saturated heterocycles. The van der Waals surface area contributed by atoms with E-state index in [-0.39, 0.29) is 5.91 Å². The van der Waals surface area contributed by atoms with Gasteiger partial charge in [-0.3, -0.25) is 4.79 Å². The van der Waals surface area contributed by atoms with Crippen molar-refractivity contribution in [2.75, 3.05) is 26.0 Å². The number of hydrogen-bond donors (Lipinski definition) is 1. The maximum Gasteiger partial charge on any atom is 0.251 e. The van der Waals surface area contributed by atoms with E-state index in [1.165, 1.54) is 12.0 Å². The average molecular weight is 400 g/mol. The van der Waals surface area contributed by atoms with Crippen molar-refractivity contribution >= 4 is 40.6 Å². The van der Waals surface area contributed by atoms with Crippen LogP contribution in [0.1, 0.15) is 28.6 Å². The summed E-state index contributed by atoms with van der Waals surface area (Å²) in [4.78, 5) is 13.7. The van der Waals surface area contributed by atoms with E-state index >= 15 is 0 Å². The fourth-order valence-corrected chi connectivity index (χ4v) is 4.07. The van der Waals surface area contributed by atoms with Crippen molar-refractivity contribution in [1.29, 1.82) is 0 Å². The summed E-state index contributed by atoms with van der Waals surface area (Å²) in [5.41, 5.74) is 0.467. The van der Waals surface area contributed by atoms with E-state index in [1.54, 1.807) is 35.2 Å². The monoisotopic (exact) mass is 399 g/mol. The zero-order valence-electron chi connectivity index (χ0n) is 14.3. The summed E-state index contributed by atoms with van der Waals surface area (Å²) < 4.78 is 10.9. The van der Waals surface area contributed by atoms with Crippen LogP contribution in [0.2, 0.25) is 5.02 Å². The molecule has 1 amide bonds. The fraction of sp³-hybridized carbons (Fsp3) is 0.389. The van der Waals surface area contributed by atoms with Crippen LogP contribution in [-0.4, -0.2) is 31.9 Å². The third-order valence-corrected chi connectivity index (χ3v) is 5.65. The van der Waals surface area contributed by atoms with Gasteiger partial charge >= 0.3 is 0 Å². The molecule has 0 atom stereocenters. The first-order chi connectivity index (χ1) is 12.2. The number of halogens is 1. The fourth-order valence-electron chi connectivity index (χ4n) is 2.10. The van der Waals surface area contributed by atoms with Gasteiger partial charge in [-0.15, -0.1) is 11.3 Å². The molecule has 7 heteroatoms. The molecule has 2 aromatic rings. The van der Waals surface area contributed by atoms with Crippen LogP contribution >= 0.6 is 34.7 Å². The van der Waals surface area contributed by atoms with Crippen LogP contribution in [0.15, 0.2) is 29.6 Å². The molecular weight excluding hydrogens is 378 g/mol. The highest BCUT2D eigenvalue weighted by Crippen LogP contribution is 2.36. The predicted molar refractivity (Wildman–Crippen MR) is 107 cm³/mol. The van der Waals surface area contributed by atoms with E-state index in [9.17, 15) is 4.79 Å². The van der Waals surface area contributed by atoms with Crippen molar-refractivity contribution in [3.63, 3.8) is 0 Å². The maximum atomic E-state index is 12.3. The summed E-state index contributed by atoms with van der Waals surface area (Å²) >= 11 is 9.79. The lowest BCUT2D eigenvalue weighted by molar-refractivity contribution is 0.0955. The van der Waals surface area contributed by atoms with E-state index in [0.717, 1.165) is 17.9 Å². The molecule has 0 radical (unpaired) electrons. The van der Waals surface area contributed by atoms with Crippen LogP contribution in [0.4, 0.5) is 0 Å². The Labute approximate surface area is 161 Å². The Bertz CT molecular complexity index is 677. The van der Waals surface area contributed by atoms with Crippen molar-refractivity contribution in [3.8, 4) is 11.5 Å². The molecule has 1 N–H and O–H groups in total. The largest absolute Gasteiger partial charge is 0.493 e. The molecule has 1 aromatic carbocycles. The molecule has 0 aliphatic carbocycles. The summed E-state index contributed by atoms with van der Waals surface area (Å²) in [6.07, 6.45) is 0.866. The van der Waals surface area contributed by atoms with Crippen LogP contribution in [0.3, 0.4) is 0 Å². The second kappa shape index (κ2) is 10.6. The number of methoxy groups -OCH3 is 1. The van der Waals surface area contributed by atoms with Gasteiger partial charge in [0.2, 0.25) is 0 Å². The number of benzene rings is 1. The SMILES string of the molecule is CCCOc1c(Cl)cc(C(=O)NCCSCc2cccs2)cc1OC. The summed E-state index contributed by atoms with van der Waals surface area (Å²) in [5, 5.41) is 5.36. The normalized spacial score (nSPS) is 10.5. The molecule has 0 bridgehead atoms. The van der Waals surface area contributed by atoms with Gasteiger partial charge in [-0.05, 0) is 30.0 Å². The molecule has 0 aliphatic rings. The zero-order valence-corrected chi connectivity index (χ0v) is 16.7. The number of thioether (sulfide) groups is 1. The van der Waals surface area contributed by atoms with Crippen molar-refractivity contribution in [2.45, 2.75) is 19.1 Å². The first-order valence-corrected chi connectivity index (χ1v) is 10.5. The smallest absolute Gasteiger partial charge is 0.251 e. The lowest BCUT2D eigenvalue weighted by Gasteiger charge is -2.13. The number of carbonyl (C=O) groups excluding carboxylic acids is 1. The third kappa shape index (κ3) is 6.13. The lowest BCUT2D eigenvalue weighted by Crippen LogP contribution is -2.25. The van der Waals surface area contributed by atoms with Gasteiger partial charge in [0.05, 0.1) is 18.7 Å². The zero-order chi connectivity index (χ0) is 18.1. The van der Waals surface area contributed by atoms with Gasteiger partial charge in [0.15, 0.2) is 11.5 Å². The first-order valence-electron chi connectivity index (χ1n) is 8.04. The number of amides is 1. The molecule has 136 valence electrons. The second-order valence-electron chi connectivity index (χ2n) is 5.23. The summed E-state index contributed by atoms with van der Waals surface area (Å²) in [7, 11) is 1.54. The molecule has 0 unspecified atom stereocenters. The number of rotatable bonds is 10. The summed E-state index contributed by atoms with van der Waals surface area (Å²) in [6, 6.07) is 7.44. The molecular formula is C18H22ClNO3S2. The number of nitrogens with one attached hydrogen (secondary N) is 1. The van der Waals surface area contributed by atoms with Crippen LogP contribution in [0.5, 0.6) is 11.5 Å². The average Bonchev–Trinajstić information content (AvgIpc) is 3.13. The third-order valence-electron chi connectivity index (χ3n) is 3.30. The highest BCUT2D eigenvalue weighted by atomic mass is 35.5. The van der Waals surface area contributed by atoms with Gasteiger partial charge < -0.3 is 14.8 Å². The van der Waals surface area contributed by atoms with Crippen molar-refractivity contribution in [3.05, 3.63) is 45.1 Å². The van der Waals surface area contributed by atoms with Crippen LogP contribution in [0, 0.1) is 0 Å². The lowest BCUT2D eigenvalue weighted by atomic mass is 10.2. The van der Waals surface area contributed by atoms with Gasteiger partial charge in [0.25, 0.3) is 5.91 Å². The summed E-state index contributed by atoms with van der Waals surface area (Å²) in [5.74, 6) is 2.61. The Morgan fingerprint density at radius 1 is 1.40 bits per heavy atom. The molecule has 1 heterocycles. The number of hydrogen-bond acceptors (Lipinski definition) is 5. The van der Waals surface area contributed by atoms with E-state index < -0.39 is 0 Å². The molecule has 25 heavy (non-hydrogen) atoms. The molecule has 0 fully saturated rings. The highest BCUT2D eigenvalue weighted by Gasteiger charge is 2.15. The molecule has 0 saturated carbocycles. The standard InChI is InChI=1S/C18H22ClNO3S2/c1-3-7-23-17-15(19)10-13(11-16(17)22-2)18(21)20-6-9-24-12-14-5-4-8-25-14/h4-5,8,10-11H,3,6-7,9,12H2,1-2H3,(H,20,21). The Kier molecular flexibility index (Phi) is 8.44. The molecule has 4 nitrogen and oxygen atoms in total. The van der Waals surface area contributed by atoms with Gasteiger partial charge in [0, 0.05) is 28.5 Å². The topological polar surface area (TPSA) is 47.6 Å². The molecule has 2 rings (SSSR count). The number of carbonyl (C=O) groups is 1. The number of thiophene rings is 1. The van der Waals surface area contributed by atoms with Crippen LogP contribution in [-0.2, 0) is 5.75 Å². The Balaban J connectivity index is 1.86. The van der Waals surface area contributed by atoms with Gasteiger partial charge in [-0.2, -0.15) is 11.8 Å². The molecule has 1 aromatic heterocycles. The maximum absolute atomic E-state index is 12.3. The highest BCUT2D eigenvalue weighted by molar-refractivity contribution is 7.98.